The highest BCUT2D eigenvalue weighted by molar-refractivity contribution is 6.00. The van der Waals surface area contributed by atoms with Crippen LogP contribution in [0.1, 0.15) is 12.0 Å². The second kappa shape index (κ2) is 4.68. The molecule has 1 unspecified atom stereocenters. The number of methoxy groups -OCH3 is 1. The van der Waals surface area contributed by atoms with E-state index in [4.69, 9.17) is 9.84 Å². The third-order valence-corrected chi connectivity index (χ3v) is 3.10. The molecule has 96 valence electrons. The zero-order valence-electron chi connectivity index (χ0n) is 10.3. The van der Waals surface area contributed by atoms with Gasteiger partial charge in [0.2, 0.25) is 5.91 Å². The Hall–Kier alpha value is -2.04. The Morgan fingerprint density at radius 2 is 2.22 bits per heavy atom. The average molecular weight is 249 g/mol. The molecule has 18 heavy (non-hydrogen) atoms. The van der Waals surface area contributed by atoms with Gasteiger partial charge in [0.1, 0.15) is 5.75 Å². The Morgan fingerprint density at radius 1 is 1.50 bits per heavy atom. The number of amides is 1. The van der Waals surface area contributed by atoms with Gasteiger partial charge in [-0.05, 0) is 24.6 Å². The van der Waals surface area contributed by atoms with Gasteiger partial charge >= 0.3 is 5.97 Å². The molecule has 0 spiro atoms. The maximum absolute atomic E-state index is 11.8. The molecule has 1 N–H and O–H groups in total. The summed E-state index contributed by atoms with van der Waals surface area (Å²) in [6, 6.07) is 5.49. The van der Waals surface area contributed by atoms with Crippen LogP contribution in [0.5, 0.6) is 5.75 Å². The molecule has 1 fully saturated rings. The van der Waals surface area contributed by atoms with Crippen LogP contribution in [0.25, 0.3) is 0 Å². The first-order chi connectivity index (χ1) is 8.52. The number of anilines is 1. The van der Waals surface area contributed by atoms with Crippen LogP contribution in [0.2, 0.25) is 0 Å². The average Bonchev–Trinajstić information content (AvgIpc) is 2.71. The summed E-state index contributed by atoms with van der Waals surface area (Å²) in [6.07, 6.45) is 0.0480. The topological polar surface area (TPSA) is 66.8 Å². The molecule has 0 saturated carbocycles. The van der Waals surface area contributed by atoms with Crippen molar-refractivity contribution in [3.8, 4) is 5.75 Å². The molecule has 1 atom stereocenters. The predicted octanol–water partition coefficient (Wildman–Crippen LogP) is 1.44. The van der Waals surface area contributed by atoms with Crippen molar-refractivity contribution in [2.75, 3.05) is 18.6 Å². The molecule has 0 aliphatic carbocycles. The Balaban J connectivity index is 2.32. The summed E-state index contributed by atoms with van der Waals surface area (Å²) in [5.74, 6) is -1.15. The number of carbonyl (C=O) groups is 2. The SMILES string of the molecule is COc1cc(C)ccc1N1CC(C(=O)O)CC1=O. The molecular weight excluding hydrogens is 234 g/mol. The number of aliphatic carboxylic acids is 1. The van der Waals surface area contributed by atoms with E-state index >= 15 is 0 Å². The van der Waals surface area contributed by atoms with Crippen LogP contribution in [-0.2, 0) is 9.59 Å². The normalized spacial score (nSPS) is 19.1. The molecule has 0 radical (unpaired) electrons. The molecule has 1 saturated heterocycles. The standard InChI is InChI=1S/C13H15NO4/c1-8-3-4-10(11(5-8)18-2)14-7-9(13(16)17)6-12(14)15/h3-5,9H,6-7H2,1-2H3,(H,16,17). The van der Waals surface area contributed by atoms with Gasteiger partial charge in [-0.2, -0.15) is 0 Å². The lowest BCUT2D eigenvalue weighted by Gasteiger charge is -2.19. The van der Waals surface area contributed by atoms with E-state index in [0.717, 1.165) is 5.56 Å². The van der Waals surface area contributed by atoms with Gasteiger partial charge in [-0.25, -0.2) is 0 Å². The minimum absolute atomic E-state index is 0.0480. The number of rotatable bonds is 3. The van der Waals surface area contributed by atoms with E-state index in [1.54, 1.807) is 6.07 Å². The molecule has 5 nitrogen and oxygen atoms in total. The summed E-state index contributed by atoms with van der Waals surface area (Å²) in [4.78, 5) is 24.3. The summed E-state index contributed by atoms with van der Waals surface area (Å²) >= 11 is 0. The highest BCUT2D eigenvalue weighted by Gasteiger charge is 2.36. The molecule has 1 aliphatic heterocycles. The lowest BCUT2D eigenvalue weighted by atomic mass is 10.1. The van der Waals surface area contributed by atoms with Gasteiger partial charge < -0.3 is 14.7 Å². The molecule has 0 bridgehead atoms. The van der Waals surface area contributed by atoms with Crippen molar-refractivity contribution in [3.63, 3.8) is 0 Å². The fourth-order valence-electron chi connectivity index (χ4n) is 2.11. The highest BCUT2D eigenvalue weighted by atomic mass is 16.5. The molecule has 0 aromatic heterocycles. The summed E-state index contributed by atoms with van der Waals surface area (Å²) in [7, 11) is 1.54. The number of benzene rings is 1. The third kappa shape index (κ3) is 2.16. The quantitative estimate of drug-likeness (QED) is 0.880. The lowest BCUT2D eigenvalue weighted by molar-refractivity contribution is -0.141. The van der Waals surface area contributed by atoms with Crippen molar-refractivity contribution < 1.29 is 19.4 Å². The molecule has 2 rings (SSSR count). The largest absolute Gasteiger partial charge is 0.495 e. The monoisotopic (exact) mass is 249 g/mol. The van der Waals surface area contributed by atoms with Gasteiger partial charge in [0.15, 0.2) is 0 Å². The lowest BCUT2D eigenvalue weighted by Crippen LogP contribution is -2.26. The fourth-order valence-corrected chi connectivity index (χ4v) is 2.11. The van der Waals surface area contributed by atoms with Crippen molar-refractivity contribution in [1.82, 2.24) is 0 Å². The summed E-state index contributed by atoms with van der Waals surface area (Å²) in [5, 5.41) is 8.96. The van der Waals surface area contributed by atoms with Gasteiger partial charge in [0.25, 0.3) is 0 Å². The second-order valence-electron chi connectivity index (χ2n) is 4.42. The number of aryl methyl sites for hydroxylation is 1. The minimum Gasteiger partial charge on any atom is -0.495 e. The molecule has 1 amide bonds. The number of nitrogens with zero attached hydrogens (tertiary/aromatic N) is 1. The molecule has 1 heterocycles. The molecule has 1 aromatic carbocycles. The molecule has 5 heteroatoms. The summed E-state index contributed by atoms with van der Waals surface area (Å²) < 4.78 is 5.24. The summed E-state index contributed by atoms with van der Waals surface area (Å²) in [6.45, 7) is 2.13. The first-order valence-corrected chi connectivity index (χ1v) is 5.70. The van der Waals surface area contributed by atoms with Crippen LogP contribution in [0, 0.1) is 12.8 Å². The van der Waals surface area contributed by atoms with E-state index in [-0.39, 0.29) is 18.9 Å². The first kappa shape index (κ1) is 12.4. The number of carbonyl (C=O) groups excluding carboxylic acids is 1. The molecular formula is C13H15NO4. The van der Waals surface area contributed by atoms with Crippen LogP contribution in [-0.4, -0.2) is 30.6 Å². The number of ether oxygens (including phenoxy) is 1. The van der Waals surface area contributed by atoms with E-state index in [9.17, 15) is 9.59 Å². The maximum Gasteiger partial charge on any atom is 0.308 e. The van der Waals surface area contributed by atoms with Crippen molar-refractivity contribution >= 4 is 17.6 Å². The van der Waals surface area contributed by atoms with Crippen molar-refractivity contribution in [2.45, 2.75) is 13.3 Å². The highest BCUT2D eigenvalue weighted by Crippen LogP contribution is 2.33. The minimum atomic E-state index is -0.933. The van der Waals surface area contributed by atoms with Crippen molar-refractivity contribution in [2.24, 2.45) is 5.92 Å². The van der Waals surface area contributed by atoms with Crippen LogP contribution in [0.15, 0.2) is 18.2 Å². The number of carboxylic acids is 1. The number of hydrogen-bond acceptors (Lipinski definition) is 3. The Kier molecular flexibility index (Phi) is 3.23. The number of hydrogen-bond donors (Lipinski definition) is 1. The van der Waals surface area contributed by atoms with Crippen LogP contribution in [0.3, 0.4) is 0 Å². The summed E-state index contributed by atoms with van der Waals surface area (Å²) in [5.41, 5.74) is 1.66. The van der Waals surface area contributed by atoms with E-state index in [2.05, 4.69) is 0 Å². The van der Waals surface area contributed by atoms with Gasteiger partial charge in [0, 0.05) is 13.0 Å². The van der Waals surface area contributed by atoms with Crippen LogP contribution in [0.4, 0.5) is 5.69 Å². The fraction of sp³-hybridized carbons (Fsp3) is 0.385. The van der Waals surface area contributed by atoms with E-state index in [0.29, 0.717) is 11.4 Å². The predicted molar refractivity (Wildman–Crippen MR) is 65.8 cm³/mol. The van der Waals surface area contributed by atoms with Crippen molar-refractivity contribution in [3.05, 3.63) is 23.8 Å². The van der Waals surface area contributed by atoms with Gasteiger partial charge in [-0.3, -0.25) is 9.59 Å². The molecule has 1 aromatic rings. The zero-order valence-corrected chi connectivity index (χ0v) is 10.3. The Bertz CT molecular complexity index is 498. The Morgan fingerprint density at radius 3 is 2.78 bits per heavy atom. The number of carboxylic acid groups (broad SMARTS) is 1. The smallest absolute Gasteiger partial charge is 0.308 e. The zero-order chi connectivity index (χ0) is 13.3. The third-order valence-electron chi connectivity index (χ3n) is 3.10. The maximum atomic E-state index is 11.8. The van der Waals surface area contributed by atoms with Gasteiger partial charge in [0.05, 0.1) is 18.7 Å². The van der Waals surface area contributed by atoms with E-state index in [1.807, 2.05) is 19.1 Å². The second-order valence-corrected chi connectivity index (χ2v) is 4.42. The van der Waals surface area contributed by atoms with Gasteiger partial charge in [-0.15, -0.1) is 0 Å². The molecule has 1 aliphatic rings. The van der Waals surface area contributed by atoms with E-state index < -0.39 is 11.9 Å². The van der Waals surface area contributed by atoms with Crippen LogP contribution < -0.4 is 9.64 Å². The van der Waals surface area contributed by atoms with E-state index in [1.165, 1.54) is 12.0 Å². The first-order valence-electron chi connectivity index (χ1n) is 5.70. The van der Waals surface area contributed by atoms with Crippen LogP contribution >= 0.6 is 0 Å². The van der Waals surface area contributed by atoms with Gasteiger partial charge in [-0.1, -0.05) is 6.07 Å². The van der Waals surface area contributed by atoms with Crippen molar-refractivity contribution in [1.29, 1.82) is 0 Å². The Labute approximate surface area is 105 Å².